The number of rotatable bonds is 3. The molecule has 2 nitrogen and oxygen atoms in total. The van der Waals surface area contributed by atoms with Gasteiger partial charge in [0, 0.05) is 10.9 Å². The van der Waals surface area contributed by atoms with Gasteiger partial charge in [0.1, 0.15) is 0 Å². The van der Waals surface area contributed by atoms with E-state index in [0.29, 0.717) is 10.9 Å². The van der Waals surface area contributed by atoms with Crippen molar-refractivity contribution in [1.82, 2.24) is 9.55 Å². The third-order valence-corrected chi connectivity index (χ3v) is 2.09. The fraction of sp³-hybridized carbons (Fsp3) is 0.500. The highest BCUT2D eigenvalue weighted by molar-refractivity contribution is 9.09. The summed E-state index contributed by atoms with van der Waals surface area (Å²) in [6, 6.07) is 0.466. The maximum absolute atomic E-state index is 4.12. The smallest absolute Gasteiger partial charge is 0.0953 e. The molecule has 1 aromatic heterocycles. The zero-order valence-corrected chi connectivity index (χ0v) is 9.82. The molecular weight excluding hydrogens is 228 g/mol. The number of hydrogen-bond acceptors (Lipinski definition) is 1. The van der Waals surface area contributed by atoms with E-state index >= 15 is 0 Å². The van der Waals surface area contributed by atoms with Crippen molar-refractivity contribution < 1.29 is 0 Å². The van der Waals surface area contributed by atoms with Crippen LogP contribution in [-0.2, 0) is 0 Å². The number of alkyl halides is 1. The first-order valence-corrected chi connectivity index (χ1v) is 5.37. The molecule has 1 unspecified atom stereocenters. The van der Waals surface area contributed by atoms with Gasteiger partial charge in [-0.25, -0.2) is 4.98 Å². The molecule has 1 rings (SSSR count). The highest BCUT2D eigenvalue weighted by Gasteiger charge is 2.01. The van der Waals surface area contributed by atoms with Crippen molar-refractivity contribution in [3.63, 3.8) is 0 Å². The van der Waals surface area contributed by atoms with E-state index < -0.39 is 0 Å². The van der Waals surface area contributed by atoms with Crippen LogP contribution in [0.1, 0.15) is 32.5 Å². The summed E-state index contributed by atoms with van der Waals surface area (Å²) in [4.78, 5) is 4.52. The van der Waals surface area contributed by atoms with Gasteiger partial charge in [-0.3, -0.25) is 0 Å². The van der Waals surface area contributed by atoms with E-state index in [1.165, 1.54) is 0 Å². The number of halogens is 1. The van der Waals surface area contributed by atoms with Gasteiger partial charge in [0.2, 0.25) is 0 Å². The predicted octanol–water partition coefficient (Wildman–Crippen LogP) is 3.26. The fourth-order valence-electron chi connectivity index (χ4n) is 1.11. The van der Waals surface area contributed by atoms with Gasteiger partial charge in [0.15, 0.2) is 0 Å². The third kappa shape index (κ3) is 2.99. The summed E-state index contributed by atoms with van der Waals surface area (Å²) >= 11 is 3.47. The van der Waals surface area contributed by atoms with Crippen molar-refractivity contribution in [1.29, 1.82) is 0 Å². The Morgan fingerprint density at radius 1 is 1.46 bits per heavy atom. The Labute approximate surface area is 87.8 Å². The Balaban J connectivity index is 2.82. The molecule has 0 aliphatic carbocycles. The van der Waals surface area contributed by atoms with E-state index in [2.05, 4.69) is 58.4 Å². The SMILES string of the molecule is CC(Br)/C=C/c1cncn1C(C)C. The summed E-state index contributed by atoms with van der Waals surface area (Å²) < 4.78 is 2.14. The Morgan fingerprint density at radius 2 is 2.15 bits per heavy atom. The van der Waals surface area contributed by atoms with Gasteiger partial charge in [0.25, 0.3) is 0 Å². The molecule has 1 aromatic rings. The molecule has 0 saturated heterocycles. The highest BCUT2D eigenvalue weighted by atomic mass is 79.9. The van der Waals surface area contributed by atoms with E-state index in [0.717, 1.165) is 5.69 Å². The second-order valence-electron chi connectivity index (χ2n) is 3.36. The minimum atomic E-state index is 0.406. The first-order chi connectivity index (χ1) is 6.11. The van der Waals surface area contributed by atoms with Crippen LogP contribution in [0.4, 0.5) is 0 Å². The zero-order chi connectivity index (χ0) is 9.84. The molecule has 0 spiro atoms. The normalized spacial score (nSPS) is 14.2. The molecule has 0 saturated carbocycles. The molecule has 0 aliphatic heterocycles. The van der Waals surface area contributed by atoms with Gasteiger partial charge in [0.05, 0.1) is 18.2 Å². The fourth-order valence-corrected chi connectivity index (χ4v) is 1.26. The van der Waals surface area contributed by atoms with Crippen molar-refractivity contribution in [3.05, 3.63) is 24.3 Å². The van der Waals surface area contributed by atoms with Crippen LogP contribution < -0.4 is 0 Å². The Kier molecular flexibility index (Phi) is 3.72. The lowest BCUT2D eigenvalue weighted by Crippen LogP contribution is -2.00. The summed E-state index contributed by atoms with van der Waals surface area (Å²) in [5.41, 5.74) is 1.15. The Bertz CT molecular complexity index is 287. The largest absolute Gasteiger partial charge is 0.329 e. The molecule has 0 N–H and O–H groups in total. The molecule has 1 heterocycles. The lowest BCUT2D eigenvalue weighted by atomic mass is 10.3. The van der Waals surface area contributed by atoms with Crippen LogP contribution in [0.3, 0.4) is 0 Å². The molecule has 0 amide bonds. The average Bonchev–Trinajstić information content (AvgIpc) is 2.47. The minimum absolute atomic E-state index is 0.406. The summed E-state index contributed by atoms with van der Waals surface area (Å²) in [7, 11) is 0. The number of imidazole rings is 1. The monoisotopic (exact) mass is 242 g/mol. The van der Waals surface area contributed by atoms with E-state index in [-0.39, 0.29) is 0 Å². The zero-order valence-electron chi connectivity index (χ0n) is 8.24. The number of hydrogen-bond donors (Lipinski definition) is 0. The molecule has 72 valence electrons. The maximum atomic E-state index is 4.12. The summed E-state index contributed by atoms with van der Waals surface area (Å²) in [6.45, 7) is 6.39. The van der Waals surface area contributed by atoms with Gasteiger partial charge in [-0.1, -0.05) is 22.0 Å². The average molecular weight is 243 g/mol. The van der Waals surface area contributed by atoms with Crippen LogP contribution in [-0.4, -0.2) is 14.4 Å². The number of allylic oxidation sites excluding steroid dienone is 1. The second-order valence-corrected chi connectivity index (χ2v) is 4.80. The molecular formula is C10H15BrN2. The van der Waals surface area contributed by atoms with Gasteiger partial charge in [-0.2, -0.15) is 0 Å². The number of nitrogens with zero attached hydrogens (tertiary/aromatic N) is 2. The van der Waals surface area contributed by atoms with Crippen LogP contribution in [0.15, 0.2) is 18.6 Å². The van der Waals surface area contributed by atoms with Gasteiger partial charge in [-0.15, -0.1) is 0 Å². The molecule has 13 heavy (non-hydrogen) atoms. The maximum Gasteiger partial charge on any atom is 0.0953 e. The summed E-state index contributed by atoms with van der Waals surface area (Å²) in [6.07, 6.45) is 7.94. The molecule has 0 aromatic carbocycles. The first kappa shape index (κ1) is 10.5. The first-order valence-electron chi connectivity index (χ1n) is 4.45. The standard InChI is InChI=1S/C10H15BrN2/c1-8(2)13-7-12-6-10(13)5-4-9(3)11/h4-9H,1-3H3/b5-4+. The van der Waals surface area contributed by atoms with E-state index in [9.17, 15) is 0 Å². The van der Waals surface area contributed by atoms with Crippen molar-refractivity contribution in [2.24, 2.45) is 0 Å². The lowest BCUT2D eigenvalue weighted by Gasteiger charge is -2.08. The molecule has 3 heteroatoms. The topological polar surface area (TPSA) is 17.8 Å². The van der Waals surface area contributed by atoms with Crippen molar-refractivity contribution in [2.75, 3.05) is 0 Å². The van der Waals surface area contributed by atoms with E-state index in [1.54, 1.807) is 0 Å². The van der Waals surface area contributed by atoms with Crippen LogP contribution in [0.25, 0.3) is 6.08 Å². The molecule has 0 aliphatic rings. The molecule has 0 radical (unpaired) electrons. The molecule has 0 bridgehead atoms. The third-order valence-electron chi connectivity index (χ3n) is 1.78. The Hall–Kier alpha value is -0.570. The Morgan fingerprint density at radius 3 is 2.69 bits per heavy atom. The van der Waals surface area contributed by atoms with Gasteiger partial charge < -0.3 is 4.57 Å². The van der Waals surface area contributed by atoms with Gasteiger partial charge >= 0.3 is 0 Å². The number of aromatic nitrogens is 2. The van der Waals surface area contributed by atoms with Crippen LogP contribution >= 0.6 is 15.9 Å². The van der Waals surface area contributed by atoms with Crippen LogP contribution in [0, 0.1) is 0 Å². The highest BCUT2D eigenvalue weighted by Crippen LogP contribution is 2.11. The lowest BCUT2D eigenvalue weighted by molar-refractivity contribution is 0.595. The quantitative estimate of drug-likeness (QED) is 0.745. The van der Waals surface area contributed by atoms with Crippen molar-refractivity contribution >= 4 is 22.0 Å². The molecule has 0 fully saturated rings. The summed E-state index contributed by atoms with van der Waals surface area (Å²) in [5, 5.41) is 0. The van der Waals surface area contributed by atoms with Crippen molar-refractivity contribution in [2.45, 2.75) is 31.6 Å². The van der Waals surface area contributed by atoms with E-state index in [1.807, 2.05) is 12.5 Å². The molecule has 1 atom stereocenters. The van der Waals surface area contributed by atoms with Crippen LogP contribution in [0.5, 0.6) is 0 Å². The van der Waals surface area contributed by atoms with Gasteiger partial charge in [-0.05, 0) is 26.8 Å². The predicted molar refractivity (Wildman–Crippen MR) is 60.0 cm³/mol. The minimum Gasteiger partial charge on any atom is -0.329 e. The second kappa shape index (κ2) is 4.61. The summed E-state index contributed by atoms with van der Waals surface area (Å²) in [5.74, 6) is 0. The van der Waals surface area contributed by atoms with E-state index in [4.69, 9.17) is 0 Å². The van der Waals surface area contributed by atoms with Crippen LogP contribution in [0.2, 0.25) is 0 Å². The van der Waals surface area contributed by atoms with Crippen molar-refractivity contribution in [3.8, 4) is 0 Å².